The highest BCUT2D eigenvalue weighted by atomic mass is 16.3. The number of hydrogen-bond acceptors (Lipinski definition) is 3. The lowest BCUT2D eigenvalue weighted by molar-refractivity contribution is -0.139. The molecular formula is C8H16N2O3. The molecule has 0 spiro atoms. The van der Waals surface area contributed by atoms with Crippen molar-refractivity contribution in [3.63, 3.8) is 0 Å². The number of hydrogen-bond donors (Lipinski definition) is 3. The van der Waals surface area contributed by atoms with Gasteiger partial charge in [-0.3, -0.25) is 9.59 Å². The summed E-state index contributed by atoms with van der Waals surface area (Å²) < 4.78 is 0. The molecule has 0 heterocycles. The summed E-state index contributed by atoms with van der Waals surface area (Å²) in [6, 6.07) is -0.0650. The van der Waals surface area contributed by atoms with Gasteiger partial charge in [0.25, 0.3) is 0 Å². The fourth-order valence-corrected chi connectivity index (χ4v) is 0.648. The highest BCUT2D eigenvalue weighted by Gasteiger charge is 2.13. The Morgan fingerprint density at radius 3 is 2.15 bits per heavy atom. The molecule has 0 aliphatic heterocycles. The number of amides is 2. The molecule has 0 aromatic carbocycles. The van der Waals surface area contributed by atoms with Gasteiger partial charge in [-0.05, 0) is 20.8 Å². The molecule has 1 unspecified atom stereocenters. The normalized spacial score (nSPS) is 12.4. The van der Waals surface area contributed by atoms with Gasteiger partial charge in [-0.2, -0.15) is 0 Å². The van der Waals surface area contributed by atoms with Crippen molar-refractivity contribution < 1.29 is 14.7 Å². The number of nitrogens with one attached hydrogen (secondary N) is 2. The lowest BCUT2D eigenvalue weighted by Crippen LogP contribution is -2.44. The topological polar surface area (TPSA) is 78.4 Å². The Hall–Kier alpha value is -1.10. The summed E-state index contributed by atoms with van der Waals surface area (Å²) in [6.45, 7) is 5.14. The van der Waals surface area contributed by atoms with Crippen molar-refractivity contribution in [2.75, 3.05) is 6.54 Å². The van der Waals surface area contributed by atoms with Gasteiger partial charge in [-0.25, -0.2) is 0 Å². The minimum Gasteiger partial charge on any atom is -0.392 e. The zero-order chi connectivity index (χ0) is 10.4. The van der Waals surface area contributed by atoms with Gasteiger partial charge in [0.2, 0.25) is 0 Å². The zero-order valence-electron chi connectivity index (χ0n) is 8.13. The first-order chi connectivity index (χ1) is 5.93. The highest BCUT2D eigenvalue weighted by Crippen LogP contribution is 1.79. The third kappa shape index (κ3) is 6.10. The number of carbonyl (C=O) groups excluding carboxylic acids is 2. The van der Waals surface area contributed by atoms with Crippen molar-refractivity contribution in [3.8, 4) is 0 Å². The summed E-state index contributed by atoms with van der Waals surface area (Å²) in [6.07, 6.45) is -0.643. The van der Waals surface area contributed by atoms with E-state index in [4.69, 9.17) is 5.11 Å². The molecule has 0 aliphatic rings. The predicted molar refractivity (Wildman–Crippen MR) is 48.0 cm³/mol. The second kappa shape index (κ2) is 5.53. The molecule has 0 rings (SSSR count). The van der Waals surface area contributed by atoms with Gasteiger partial charge in [0.1, 0.15) is 0 Å². The van der Waals surface area contributed by atoms with E-state index >= 15 is 0 Å². The van der Waals surface area contributed by atoms with E-state index in [0.717, 1.165) is 0 Å². The van der Waals surface area contributed by atoms with E-state index in [1.54, 1.807) is 13.8 Å². The van der Waals surface area contributed by atoms with Crippen LogP contribution in [0.25, 0.3) is 0 Å². The zero-order valence-corrected chi connectivity index (χ0v) is 8.13. The molecule has 0 aromatic heterocycles. The van der Waals surface area contributed by atoms with Crippen LogP contribution in [-0.4, -0.2) is 35.6 Å². The van der Waals surface area contributed by atoms with Crippen LogP contribution < -0.4 is 10.6 Å². The monoisotopic (exact) mass is 188 g/mol. The molecule has 5 heteroatoms. The molecule has 0 radical (unpaired) electrons. The molecule has 3 N–H and O–H groups in total. The van der Waals surface area contributed by atoms with Crippen LogP contribution in [0.4, 0.5) is 0 Å². The second-order valence-electron chi connectivity index (χ2n) is 3.19. The van der Waals surface area contributed by atoms with Gasteiger partial charge in [-0.15, -0.1) is 0 Å². The van der Waals surface area contributed by atoms with Gasteiger partial charge in [0.05, 0.1) is 6.10 Å². The molecule has 1 atom stereocenters. The Morgan fingerprint density at radius 1 is 1.23 bits per heavy atom. The maximum atomic E-state index is 11.0. The first kappa shape index (κ1) is 11.9. The van der Waals surface area contributed by atoms with E-state index < -0.39 is 17.9 Å². The van der Waals surface area contributed by atoms with Crippen LogP contribution in [0.1, 0.15) is 20.8 Å². The van der Waals surface area contributed by atoms with Crippen molar-refractivity contribution >= 4 is 11.8 Å². The van der Waals surface area contributed by atoms with Crippen molar-refractivity contribution in [2.45, 2.75) is 32.9 Å². The summed E-state index contributed by atoms with van der Waals surface area (Å²) in [7, 11) is 0. The average molecular weight is 188 g/mol. The molecule has 0 saturated carbocycles. The molecule has 0 fully saturated rings. The molecule has 76 valence electrons. The van der Waals surface area contributed by atoms with Gasteiger partial charge < -0.3 is 15.7 Å². The first-order valence-electron chi connectivity index (χ1n) is 4.20. The maximum Gasteiger partial charge on any atom is 0.309 e. The van der Waals surface area contributed by atoms with Crippen LogP contribution in [0.2, 0.25) is 0 Å². The van der Waals surface area contributed by atoms with E-state index in [1.165, 1.54) is 6.92 Å². The van der Waals surface area contributed by atoms with Crippen molar-refractivity contribution in [2.24, 2.45) is 0 Å². The quantitative estimate of drug-likeness (QED) is 0.497. The molecule has 5 nitrogen and oxygen atoms in total. The Bertz CT molecular complexity index is 190. The Morgan fingerprint density at radius 2 is 1.77 bits per heavy atom. The Kier molecular flexibility index (Phi) is 5.06. The standard InChI is InChI=1S/C8H16N2O3/c1-5(2)10-8(13)7(12)9-4-6(3)11/h5-6,11H,4H2,1-3H3,(H,9,12)(H,10,13). The highest BCUT2D eigenvalue weighted by molar-refractivity contribution is 6.35. The second-order valence-corrected chi connectivity index (χ2v) is 3.19. The Balaban J connectivity index is 3.77. The number of rotatable bonds is 3. The first-order valence-corrected chi connectivity index (χ1v) is 4.20. The fourth-order valence-electron chi connectivity index (χ4n) is 0.648. The number of carbonyl (C=O) groups is 2. The van der Waals surface area contributed by atoms with Crippen LogP contribution in [0.5, 0.6) is 0 Å². The van der Waals surface area contributed by atoms with Crippen molar-refractivity contribution in [1.82, 2.24) is 10.6 Å². The summed E-state index contributed by atoms with van der Waals surface area (Å²) in [4.78, 5) is 21.9. The summed E-state index contributed by atoms with van der Waals surface area (Å²) in [5, 5.41) is 13.5. The van der Waals surface area contributed by atoms with Gasteiger partial charge >= 0.3 is 11.8 Å². The number of aliphatic hydroxyl groups excluding tert-OH is 1. The van der Waals surface area contributed by atoms with E-state index in [1.807, 2.05) is 0 Å². The molecular weight excluding hydrogens is 172 g/mol. The van der Waals surface area contributed by atoms with Gasteiger partial charge in [0, 0.05) is 12.6 Å². The average Bonchev–Trinajstić information content (AvgIpc) is 1.98. The minimum atomic E-state index is -0.713. The lowest BCUT2D eigenvalue weighted by atomic mass is 10.3. The number of aliphatic hydroxyl groups is 1. The lowest BCUT2D eigenvalue weighted by Gasteiger charge is -2.09. The summed E-state index contributed by atoms with van der Waals surface area (Å²) >= 11 is 0. The van der Waals surface area contributed by atoms with Crippen LogP contribution in [0.15, 0.2) is 0 Å². The van der Waals surface area contributed by atoms with Crippen LogP contribution in [-0.2, 0) is 9.59 Å². The molecule has 0 aromatic rings. The molecule has 0 saturated heterocycles. The molecule has 0 aliphatic carbocycles. The van der Waals surface area contributed by atoms with Crippen molar-refractivity contribution in [1.29, 1.82) is 0 Å². The van der Waals surface area contributed by atoms with Crippen LogP contribution in [0.3, 0.4) is 0 Å². The van der Waals surface area contributed by atoms with Gasteiger partial charge in [0.15, 0.2) is 0 Å². The molecule has 0 bridgehead atoms. The van der Waals surface area contributed by atoms with E-state index in [-0.39, 0.29) is 12.6 Å². The largest absolute Gasteiger partial charge is 0.392 e. The van der Waals surface area contributed by atoms with Crippen LogP contribution >= 0.6 is 0 Å². The third-order valence-electron chi connectivity index (χ3n) is 1.18. The SMILES string of the molecule is CC(O)CNC(=O)C(=O)NC(C)C. The summed E-state index contributed by atoms with van der Waals surface area (Å²) in [5.41, 5.74) is 0. The smallest absolute Gasteiger partial charge is 0.309 e. The maximum absolute atomic E-state index is 11.0. The molecule has 2 amide bonds. The van der Waals surface area contributed by atoms with E-state index in [2.05, 4.69) is 10.6 Å². The van der Waals surface area contributed by atoms with E-state index in [9.17, 15) is 9.59 Å². The Labute approximate surface area is 77.5 Å². The third-order valence-corrected chi connectivity index (χ3v) is 1.18. The molecule has 13 heavy (non-hydrogen) atoms. The minimum absolute atomic E-state index is 0.0650. The van der Waals surface area contributed by atoms with Crippen molar-refractivity contribution in [3.05, 3.63) is 0 Å². The summed E-state index contributed by atoms with van der Waals surface area (Å²) in [5.74, 6) is -1.38. The van der Waals surface area contributed by atoms with Crippen LogP contribution in [0, 0.1) is 0 Å². The van der Waals surface area contributed by atoms with Gasteiger partial charge in [-0.1, -0.05) is 0 Å². The van der Waals surface area contributed by atoms with E-state index in [0.29, 0.717) is 0 Å². The fraction of sp³-hybridized carbons (Fsp3) is 0.750. The predicted octanol–water partition coefficient (Wildman–Crippen LogP) is -0.992.